The van der Waals surface area contributed by atoms with Gasteiger partial charge in [0.1, 0.15) is 17.1 Å². The first-order valence-electron chi connectivity index (χ1n) is 8.47. The highest BCUT2D eigenvalue weighted by atomic mass is 35.5. The number of ether oxygens (including phenoxy) is 1. The van der Waals surface area contributed by atoms with E-state index in [0.717, 1.165) is 11.1 Å². The number of amides is 1. The van der Waals surface area contributed by atoms with E-state index >= 15 is 0 Å². The van der Waals surface area contributed by atoms with Crippen LogP contribution in [0.1, 0.15) is 17.2 Å². The number of nitrogens with two attached hydrogens (primary N) is 1. The van der Waals surface area contributed by atoms with Gasteiger partial charge in [-0.25, -0.2) is 4.79 Å². The first-order valence-corrected chi connectivity index (χ1v) is 9.90. The van der Waals surface area contributed by atoms with Crippen molar-refractivity contribution in [2.45, 2.75) is 17.5 Å². The zero-order valence-corrected chi connectivity index (χ0v) is 17.0. The molecular weight excluding hydrogens is 419 g/mol. The van der Waals surface area contributed by atoms with Gasteiger partial charge in [-0.2, -0.15) is 0 Å². The Kier molecular flexibility index (Phi) is 6.35. The average molecular weight is 437 g/mol. The normalized spacial score (nSPS) is 21.0. The molecule has 2 atom stereocenters. The topological polar surface area (TPSA) is 72.6 Å². The summed E-state index contributed by atoms with van der Waals surface area (Å²) in [6.07, 6.45) is -0.602. The monoisotopic (exact) mass is 436 g/mol. The van der Waals surface area contributed by atoms with Gasteiger partial charge in [0.05, 0.1) is 5.03 Å². The molecule has 0 bridgehead atoms. The molecule has 0 saturated carbocycles. The van der Waals surface area contributed by atoms with Crippen molar-refractivity contribution in [2.75, 3.05) is 5.75 Å². The zero-order chi connectivity index (χ0) is 19.0. The standard InChI is InChI=1S/C20H17ClN2O3S.ClH/c21-14-11-27-19-15(22)18(24)23(19)16(14)20(25)26-17(12-7-3-1-4-8-12)13-9-5-2-6-10-13;/h1-10,15,17,19H,11,22H2;1H/t15?,19-;/m0./s1. The molecule has 1 saturated heterocycles. The highest BCUT2D eigenvalue weighted by Gasteiger charge is 2.52. The summed E-state index contributed by atoms with van der Waals surface area (Å²) in [6, 6.07) is 18.3. The van der Waals surface area contributed by atoms with Crippen molar-refractivity contribution in [3.63, 3.8) is 0 Å². The lowest BCUT2D eigenvalue weighted by atomic mass is 10.0. The lowest BCUT2D eigenvalue weighted by Crippen LogP contribution is -2.68. The Hall–Kier alpha value is -1.99. The maximum Gasteiger partial charge on any atom is 0.357 e. The van der Waals surface area contributed by atoms with Crippen LogP contribution in [0.3, 0.4) is 0 Å². The number of rotatable bonds is 4. The molecule has 1 amide bonds. The molecule has 146 valence electrons. The minimum absolute atomic E-state index is 0. The van der Waals surface area contributed by atoms with Gasteiger partial charge in [-0.15, -0.1) is 24.2 Å². The van der Waals surface area contributed by atoms with Crippen molar-refractivity contribution >= 4 is 47.6 Å². The van der Waals surface area contributed by atoms with Crippen LogP contribution in [0.2, 0.25) is 0 Å². The van der Waals surface area contributed by atoms with Crippen LogP contribution in [0.15, 0.2) is 71.4 Å². The number of benzene rings is 2. The molecule has 5 nitrogen and oxygen atoms in total. The molecule has 28 heavy (non-hydrogen) atoms. The molecule has 0 aromatic heterocycles. The second kappa shape index (κ2) is 8.57. The number of fused-ring (bicyclic) bond motifs is 1. The number of hydrogen-bond donors (Lipinski definition) is 1. The second-order valence-corrected chi connectivity index (χ2v) is 7.86. The Balaban J connectivity index is 0.00000225. The SMILES string of the molecule is Cl.NC1C(=O)N2C(C(=O)OC(c3ccccc3)c3ccccc3)=C(Cl)CS[C@@H]12. The van der Waals surface area contributed by atoms with E-state index in [0.29, 0.717) is 10.8 Å². The van der Waals surface area contributed by atoms with Crippen molar-refractivity contribution in [1.82, 2.24) is 4.90 Å². The van der Waals surface area contributed by atoms with Gasteiger partial charge in [-0.1, -0.05) is 72.3 Å². The third kappa shape index (κ3) is 3.65. The van der Waals surface area contributed by atoms with Crippen LogP contribution >= 0.6 is 35.8 Å². The van der Waals surface area contributed by atoms with Crippen molar-refractivity contribution < 1.29 is 14.3 Å². The lowest BCUT2D eigenvalue weighted by Gasteiger charge is -2.47. The number of esters is 1. The van der Waals surface area contributed by atoms with E-state index in [1.807, 2.05) is 60.7 Å². The van der Waals surface area contributed by atoms with Gasteiger partial charge in [-0.3, -0.25) is 9.69 Å². The largest absolute Gasteiger partial charge is 0.448 e. The fourth-order valence-electron chi connectivity index (χ4n) is 3.22. The third-order valence-corrected chi connectivity index (χ3v) is 6.36. The van der Waals surface area contributed by atoms with Crippen molar-refractivity contribution in [3.8, 4) is 0 Å². The Bertz CT molecular complexity index is 869. The molecule has 2 heterocycles. The fraction of sp³-hybridized carbons (Fsp3) is 0.200. The van der Waals surface area contributed by atoms with Gasteiger partial charge in [0.2, 0.25) is 5.91 Å². The smallest absolute Gasteiger partial charge is 0.357 e. The minimum Gasteiger partial charge on any atom is -0.448 e. The quantitative estimate of drug-likeness (QED) is 0.586. The summed E-state index contributed by atoms with van der Waals surface area (Å²) in [5, 5.41) is 0.0378. The van der Waals surface area contributed by atoms with Crippen LogP contribution in [0.5, 0.6) is 0 Å². The highest BCUT2D eigenvalue weighted by molar-refractivity contribution is 8.00. The molecule has 2 aromatic carbocycles. The first-order chi connectivity index (χ1) is 13.1. The summed E-state index contributed by atoms with van der Waals surface area (Å²) >= 11 is 7.73. The van der Waals surface area contributed by atoms with E-state index in [4.69, 9.17) is 22.1 Å². The van der Waals surface area contributed by atoms with Gasteiger partial charge >= 0.3 is 5.97 Å². The van der Waals surface area contributed by atoms with Crippen LogP contribution in [-0.2, 0) is 14.3 Å². The maximum absolute atomic E-state index is 13.0. The maximum atomic E-state index is 13.0. The molecule has 0 aliphatic carbocycles. The number of thioether (sulfide) groups is 1. The van der Waals surface area contributed by atoms with Crippen molar-refractivity contribution in [3.05, 3.63) is 82.5 Å². The second-order valence-electron chi connectivity index (χ2n) is 6.30. The van der Waals surface area contributed by atoms with Crippen molar-refractivity contribution in [1.29, 1.82) is 0 Å². The Morgan fingerprint density at radius 3 is 2.18 bits per heavy atom. The lowest BCUT2D eigenvalue weighted by molar-refractivity contribution is -0.152. The predicted molar refractivity (Wildman–Crippen MR) is 112 cm³/mol. The summed E-state index contributed by atoms with van der Waals surface area (Å²) in [4.78, 5) is 26.5. The summed E-state index contributed by atoms with van der Waals surface area (Å²) in [5.41, 5.74) is 7.61. The number of hydrogen-bond acceptors (Lipinski definition) is 5. The van der Waals surface area contributed by atoms with Crippen molar-refractivity contribution in [2.24, 2.45) is 5.73 Å². The molecule has 0 radical (unpaired) electrons. The van der Waals surface area contributed by atoms with Gasteiger partial charge in [0.25, 0.3) is 0 Å². The van der Waals surface area contributed by atoms with Gasteiger partial charge < -0.3 is 10.5 Å². The van der Waals surface area contributed by atoms with E-state index in [2.05, 4.69) is 0 Å². The number of nitrogens with zero attached hydrogens (tertiary/aromatic N) is 1. The zero-order valence-electron chi connectivity index (χ0n) is 14.7. The molecular formula is C20H18Cl2N2O3S. The van der Waals surface area contributed by atoms with E-state index < -0.39 is 18.1 Å². The third-order valence-electron chi connectivity index (χ3n) is 4.59. The summed E-state index contributed by atoms with van der Waals surface area (Å²) in [5.74, 6) is -0.508. The average Bonchev–Trinajstić information content (AvgIpc) is 2.72. The van der Waals surface area contributed by atoms with Crippen LogP contribution in [0, 0.1) is 0 Å². The Morgan fingerprint density at radius 1 is 1.11 bits per heavy atom. The highest BCUT2D eigenvalue weighted by Crippen LogP contribution is 2.41. The van der Waals surface area contributed by atoms with E-state index in [1.165, 1.54) is 16.7 Å². The van der Waals surface area contributed by atoms with Crippen LogP contribution in [-0.4, -0.2) is 33.9 Å². The summed E-state index contributed by atoms with van der Waals surface area (Å²) in [6.45, 7) is 0. The molecule has 4 rings (SSSR count). The number of β-lactam (4-membered cyclic amide) rings is 1. The van der Waals surface area contributed by atoms with Crippen LogP contribution in [0.4, 0.5) is 0 Å². The fourth-order valence-corrected chi connectivity index (χ4v) is 4.71. The summed E-state index contributed by atoms with van der Waals surface area (Å²) < 4.78 is 5.84. The van der Waals surface area contributed by atoms with Crippen LogP contribution < -0.4 is 5.73 Å². The van der Waals surface area contributed by atoms with E-state index in [1.54, 1.807) is 0 Å². The first kappa shape index (κ1) is 20.7. The summed E-state index contributed by atoms with van der Waals surface area (Å²) in [7, 11) is 0. The van der Waals surface area contributed by atoms with Gasteiger partial charge in [-0.05, 0) is 11.1 Å². The van der Waals surface area contributed by atoms with E-state index in [-0.39, 0.29) is 29.4 Å². The molecule has 2 N–H and O–H groups in total. The Morgan fingerprint density at radius 2 is 1.64 bits per heavy atom. The molecule has 2 aromatic rings. The van der Waals surface area contributed by atoms with Gasteiger partial charge in [0.15, 0.2) is 6.10 Å². The molecule has 0 spiro atoms. The number of halogens is 2. The van der Waals surface area contributed by atoms with Crippen LogP contribution in [0.25, 0.3) is 0 Å². The number of carbonyl (C=O) groups is 2. The van der Waals surface area contributed by atoms with E-state index in [9.17, 15) is 9.59 Å². The van der Waals surface area contributed by atoms with Gasteiger partial charge in [0, 0.05) is 5.75 Å². The predicted octanol–water partition coefficient (Wildman–Crippen LogP) is 3.43. The molecule has 8 heteroatoms. The molecule has 2 aliphatic rings. The molecule has 1 unspecified atom stereocenters. The molecule has 1 fully saturated rings. The number of carbonyl (C=O) groups excluding carboxylic acids is 2. The molecule has 2 aliphatic heterocycles. The Labute approximate surface area is 178 Å². The minimum atomic E-state index is -0.622.